The lowest BCUT2D eigenvalue weighted by atomic mass is 10.1. The Morgan fingerprint density at radius 3 is 2.38 bits per heavy atom. The van der Waals surface area contributed by atoms with Crippen LogP contribution >= 0.6 is 0 Å². The Hall–Kier alpha value is -2.56. The van der Waals surface area contributed by atoms with Gasteiger partial charge in [-0.25, -0.2) is 0 Å². The Labute approximate surface area is 151 Å². The van der Waals surface area contributed by atoms with Gasteiger partial charge in [0.1, 0.15) is 0 Å². The van der Waals surface area contributed by atoms with Gasteiger partial charge in [-0.15, -0.1) is 0 Å². The third-order valence-corrected chi connectivity index (χ3v) is 4.34. The highest BCUT2D eigenvalue weighted by molar-refractivity contribution is 5.94. The van der Waals surface area contributed by atoms with Gasteiger partial charge >= 0.3 is 6.18 Å². The van der Waals surface area contributed by atoms with E-state index in [0.29, 0.717) is 11.2 Å². The molecule has 1 heterocycles. The number of aryl methyl sites for hydroxylation is 1. The second-order valence-electron chi connectivity index (χ2n) is 6.35. The van der Waals surface area contributed by atoms with Crippen molar-refractivity contribution in [2.45, 2.75) is 32.9 Å². The fraction of sp³-hybridized carbons (Fsp3) is 0.286. The van der Waals surface area contributed by atoms with Crippen LogP contribution in [-0.4, -0.2) is 11.5 Å². The van der Waals surface area contributed by atoms with Gasteiger partial charge in [-0.3, -0.25) is 4.98 Å². The van der Waals surface area contributed by atoms with E-state index in [2.05, 4.69) is 16.8 Å². The van der Waals surface area contributed by atoms with Gasteiger partial charge < -0.3 is 4.90 Å². The molecule has 0 unspecified atom stereocenters. The number of alkyl halides is 3. The van der Waals surface area contributed by atoms with Gasteiger partial charge in [-0.1, -0.05) is 37.6 Å². The Bertz CT molecular complexity index is 889. The van der Waals surface area contributed by atoms with Crippen molar-refractivity contribution in [1.29, 1.82) is 0 Å². The molecule has 0 spiro atoms. The lowest BCUT2D eigenvalue weighted by Gasteiger charge is -2.27. The van der Waals surface area contributed by atoms with Crippen molar-refractivity contribution in [1.82, 2.24) is 4.98 Å². The summed E-state index contributed by atoms with van der Waals surface area (Å²) in [5.74, 6) is 0. The first-order valence-corrected chi connectivity index (χ1v) is 8.71. The molecule has 0 saturated heterocycles. The first-order valence-electron chi connectivity index (χ1n) is 8.71. The minimum Gasteiger partial charge on any atom is -0.341 e. The van der Waals surface area contributed by atoms with Gasteiger partial charge in [-0.05, 0) is 43.7 Å². The van der Waals surface area contributed by atoms with Crippen LogP contribution < -0.4 is 4.90 Å². The van der Waals surface area contributed by atoms with E-state index < -0.39 is 11.7 Å². The van der Waals surface area contributed by atoms with E-state index >= 15 is 0 Å². The van der Waals surface area contributed by atoms with Gasteiger partial charge in [0, 0.05) is 23.3 Å². The molecule has 0 amide bonds. The molecule has 3 rings (SSSR count). The highest BCUT2D eigenvalue weighted by Gasteiger charge is 2.31. The summed E-state index contributed by atoms with van der Waals surface area (Å²) in [6.45, 7) is 4.72. The summed E-state index contributed by atoms with van der Waals surface area (Å²) in [5, 5.41) is 0.726. The number of anilines is 2. The minimum atomic E-state index is -4.37. The molecule has 26 heavy (non-hydrogen) atoms. The van der Waals surface area contributed by atoms with E-state index in [4.69, 9.17) is 0 Å². The van der Waals surface area contributed by atoms with E-state index in [-0.39, 0.29) is 0 Å². The molecule has 0 N–H and O–H groups in total. The summed E-state index contributed by atoms with van der Waals surface area (Å²) in [5.41, 5.74) is 2.30. The van der Waals surface area contributed by atoms with Crippen molar-refractivity contribution in [2.24, 2.45) is 0 Å². The second kappa shape index (κ2) is 7.36. The molecule has 1 aromatic heterocycles. The predicted octanol–water partition coefficient (Wildman–Crippen LogP) is 6.50. The van der Waals surface area contributed by atoms with E-state index in [1.54, 1.807) is 0 Å². The zero-order valence-corrected chi connectivity index (χ0v) is 14.8. The lowest BCUT2D eigenvalue weighted by molar-refractivity contribution is -0.137. The monoisotopic (exact) mass is 358 g/mol. The molecule has 0 aliphatic carbocycles. The van der Waals surface area contributed by atoms with E-state index in [9.17, 15) is 13.2 Å². The Balaban J connectivity index is 2.17. The molecule has 0 saturated carbocycles. The van der Waals surface area contributed by atoms with Crippen LogP contribution in [0, 0.1) is 6.92 Å². The first-order chi connectivity index (χ1) is 12.4. The summed E-state index contributed by atoms with van der Waals surface area (Å²) in [6.07, 6.45) is -2.36. The number of fused-ring (bicyclic) bond motifs is 1. The van der Waals surface area contributed by atoms with E-state index in [1.807, 2.05) is 43.3 Å². The molecule has 0 bridgehead atoms. The summed E-state index contributed by atoms with van der Waals surface area (Å²) < 4.78 is 39.2. The molecule has 2 nitrogen and oxygen atoms in total. The van der Waals surface area contributed by atoms with Crippen LogP contribution in [-0.2, 0) is 6.18 Å². The molecule has 2 aromatic carbocycles. The number of pyridine rings is 1. The molecule has 0 atom stereocenters. The molecule has 0 aliphatic heterocycles. The number of unbranched alkanes of at least 4 members (excludes halogenated alkanes) is 1. The van der Waals surface area contributed by atoms with Crippen molar-refractivity contribution in [3.63, 3.8) is 0 Å². The van der Waals surface area contributed by atoms with Crippen molar-refractivity contribution < 1.29 is 13.2 Å². The maximum absolute atomic E-state index is 13.1. The highest BCUT2D eigenvalue weighted by Crippen LogP contribution is 2.36. The predicted molar refractivity (Wildman–Crippen MR) is 99.8 cm³/mol. The van der Waals surface area contributed by atoms with Crippen LogP contribution in [0.2, 0.25) is 0 Å². The molecule has 0 radical (unpaired) electrons. The van der Waals surface area contributed by atoms with Gasteiger partial charge in [0.2, 0.25) is 0 Å². The highest BCUT2D eigenvalue weighted by atomic mass is 19.4. The van der Waals surface area contributed by atoms with Crippen molar-refractivity contribution >= 4 is 22.3 Å². The van der Waals surface area contributed by atoms with Gasteiger partial charge in [0.05, 0.1) is 16.8 Å². The van der Waals surface area contributed by atoms with Crippen LogP contribution in [0.5, 0.6) is 0 Å². The standard InChI is InChI=1S/C21H21F3N2/c1-3-4-12-26(17-8-6-5-7-9-17)20-13-15(2)25-19-14-16(21(22,23)24)10-11-18(19)20/h5-11,13-14H,3-4,12H2,1-2H3. The number of aromatic nitrogens is 1. The average molecular weight is 358 g/mol. The molecule has 0 aliphatic rings. The van der Waals surface area contributed by atoms with Crippen LogP contribution in [0.25, 0.3) is 10.9 Å². The van der Waals surface area contributed by atoms with Crippen LogP contribution in [0.15, 0.2) is 54.6 Å². The Kier molecular flexibility index (Phi) is 5.16. The van der Waals surface area contributed by atoms with Crippen LogP contribution in [0.4, 0.5) is 24.5 Å². The number of halogens is 3. The molecule has 3 aromatic rings. The molecule has 0 fully saturated rings. The van der Waals surface area contributed by atoms with Crippen LogP contribution in [0.1, 0.15) is 31.0 Å². The zero-order valence-electron chi connectivity index (χ0n) is 14.8. The maximum Gasteiger partial charge on any atom is 0.416 e. The van der Waals surface area contributed by atoms with E-state index in [1.165, 1.54) is 6.07 Å². The minimum absolute atomic E-state index is 0.368. The van der Waals surface area contributed by atoms with Gasteiger partial charge in [-0.2, -0.15) is 13.2 Å². The topological polar surface area (TPSA) is 16.1 Å². The lowest BCUT2D eigenvalue weighted by Crippen LogP contribution is -2.19. The molecule has 136 valence electrons. The van der Waals surface area contributed by atoms with Crippen molar-refractivity contribution in [3.05, 3.63) is 65.9 Å². The van der Waals surface area contributed by atoms with Crippen molar-refractivity contribution in [3.8, 4) is 0 Å². The SMILES string of the molecule is CCCCN(c1ccccc1)c1cc(C)nc2cc(C(F)(F)F)ccc12. The number of para-hydroxylation sites is 1. The third-order valence-electron chi connectivity index (χ3n) is 4.34. The number of benzene rings is 2. The van der Waals surface area contributed by atoms with Gasteiger partial charge in [0.25, 0.3) is 0 Å². The summed E-state index contributed by atoms with van der Waals surface area (Å²) in [7, 11) is 0. The summed E-state index contributed by atoms with van der Waals surface area (Å²) in [4.78, 5) is 6.50. The number of rotatable bonds is 5. The molecule has 5 heteroatoms. The number of nitrogens with zero attached hydrogens (tertiary/aromatic N) is 2. The number of hydrogen-bond acceptors (Lipinski definition) is 2. The average Bonchev–Trinajstić information content (AvgIpc) is 2.61. The maximum atomic E-state index is 13.1. The largest absolute Gasteiger partial charge is 0.416 e. The normalized spacial score (nSPS) is 11.7. The third kappa shape index (κ3) is 3.82. The number of hydrogen-bond donors (Lipinski definition) is 0. The Morgan fingerprint density at radius 2 is 1.73 bits per heavy atom. The quantitative estimate of drug-likeness (QED) is 0.517. The van der Waals surface area contributed by atoms with Crippen molar-refractivity contribution in [2.75, 3.05) is 11.4 Å². The fourth-order valence-corrected chi connectivity index (χ4v) is 3.05. The first kappa shape index (κ1) is 18.2. The van der Waals surface area contributed by atoms with E-state index in [0.717, 1.165) is 48.3 Å². The van der Waals surface area contributed by atoms with Gasteiger partial charge in [0.15, 0.2) is 0 Å². The summed E-state index contributed by atoms with van der Waals surface area (Å²) >= 11 is 0. The second-order valence-corrected chi connectivity index (χ2v) is 6.35. The summed E-state index contributed by atoms with van der Waals surface area (Å²) in [6, 6.07) is 15.6. The van der Waals surface area contributed by atoms with Crippen LogP contribution in [0.3, 0.4) is 0 Å². The molecular formula is C21H21F3N2. The smallest absolute Gasteiger partial charge is 0.341 e. The fourth-order valence-electron chi connectivity index (χ4n) is 3.05. The molecular weight excluding hydrogens is 337 g/mol. The Morgan fingerprint density at radius 1 is 1.00 bits per heavy atom. The zero-order chi connectivity index (χ0) is 18.7.